The summed E-state index contributed by atoms with van der Waals surface area (Å²) in [6.07, 6.45) is 0. The molecule has 1 aliphatic carbocycles. The van der Waals surface area contributed by atoms with Gasteiger partial charge in [-0.15, -0.1) is 0 Å². The number of benzene rings is 3. The highest BCUT2D eigenvalue weighted by molar-refractivity contribution is 14.1. The second-order valence-corrected chi connectivity index (χ2v) is 9.75. The number of ether oxygens (including phenoxy) is 2. The summed E-state index contributed by atoms with van der Waals surface area (Å²) in [6.45, 7) is 4.04. The third-order valence-corrected chi connectivity index (χ3v) is 7.16. The number of nitrogens with one attached hydrogen (secondary N) is 1. The number of ketones is 1. The average molecular weight is 595 g/mol. The van der Waals surface area contributed by atoms with Gasteiger partial charge < -0.3 is 14.8 Å². The van der Waals surface area contributed by atoms with Crippen LogP contribution < -0.4 is 10.1 Å². The van der Waals surface area contributed by atoms with Crippen molar-refractivity contribution in [3.05, 3.63) is 115 Å². The number of fused-ring (bicyclic) bond motifs is 2. The van der Waals surface area contributed by atoms with E-state index in [2.05, 4.69) is 27.9 Å². The van der Waals surface area contributed by atoms with Gasteiger partial charge in [0.1, 0.15) is 18.2 Å². The lowest BCUT2D eigenvalue weighted by Crippen LogP contribution is -2.29. The molecule has 3 aromatic carbocycles. The van der Waals surface area contributed by atoms with Crippen molar-refractivity contribution in [3.8, 4) is 5.75 Å². The summed E-state index contributed by atoms with van der Waals surface area (Å²) in [4.78, 5) is 26.6. The molecule has 0 amide bonds. The number of rotatable bonds is 6. The van der Waals surface area contributed by atoms with Crippen LogP contribution in [0, 0.1) is 9.39 Å². The number of allylic oxidation sites excluding steroid dienone is 2. The quantitative estimate of drug-likeness (QED) is 0.274. The van der Waals surface area contributed by atoms with E-state index in [1.807, 2.05) is 43.3 Å². The highest BCUT2D eigenvalue weighted by atomic mass is 127. The molecule has 2 aliphatic rings. The lowest BCUT2D eigenvalue weighted by molar-refractivity contribution is -0.138. The molecule has 182 valence electrons. The molecule has 0 unspecified atom stereocenters. The predicted molar refractivity (Wildman–Crippen MR) is 143 cm³/mol. The molecule has 5 rings (SSSR count). The standard InChI is InChI=1S/C29H23FINO4/c1-3-35-29(34)24-16(2)32-27-20-9-4-5-10-21(20)28(33)26(27)25(24)18-11-12-23(22(31)14-18)36-15-17-7-6-8-19(30)13-17/h4-14,25,32H,3,15H2,1-2H3/t25-/m1/s1. The molecule has 0 saturated carbocycles. The summed E-state index contributed by atoms with van der Waals surface area (Å²) in [6, 6.07) is 19.3. The summed E-state index contributed by atoms with van der Waals surface area (Å²) in [5.74, 6) is -0.831. The lowest BCUT2D eigenvalue weighted by atomic mass is 9.80. The Morgan fingerprint density at radius 2 is 1.83 bits per heavy atom. The lowest BCUT2D eigenvalue weighted by Gasteiger charge is -2.29. The van der Waals surface area contributed by atoms with Gasteiger partial charge in [0.25, 0.3) is 0 Å². The van der Waals surface area contributed by atoms with E-state index in [9.17, 15) is 14.0 Å². The molecule has 0 saturated heterocycles. The van der Waals surface area contributed by atoms with E-state index < -0.39 is 11.9 Å². The molecule has 0 spiro atoms. The van der Waals surface area contributed by atoms with Gasteiger partial charge in [0, 0.05) is 28.3 Å². The van der Waals surface area contributed by atoms with Crippen molar-refractivity contribution in [1.82, 2.24) is 5.32 Å². The number of hydrogen-bond donors (Lipinski definition) is 1. The summed E-state index contributed by atoms with van der Waals surface area (Å²) >= 11 is 2.18. The van der Waals surface area contributed by atoms with Crippen molar-refractivity contribution in [1.29, 1.82) is 0 Å². The molecule has 0 aromatic heterocycles. The molecule has 1 atom stereocenters. The SMILES string of the molecule is CCOC(=O)C1=C(C)NC2=C(C(=O)c3ccccc32)[C@@H]1c1ccc(OCc2cccc(F)c2)c(I)c1. The molecule has 0 bridgehead atoms. The maximum Gasteiger partial charge on any atom is 0.336 e. The minimum atomic E-state index is -0.592. The van der Waals surface area contributed by atoms with Gasteiger partial charge in [-0.05, 0) is 71.8 Å². The van der Waals surface area contributed by atoms with Crippen molar-refractivity contribution >= 4 is 40.0 Å². The molecule has 3 aromatic rings. The van der Waals surface area contributed by atoms with Crippen LogP contribution in [0.3, 0.4) is 0 Å². The highest BCUT2D eigenvalue weighted by Crippen LogP contribution is 2.47. The Bertz CT molecular complexity index is 1460. The first-order valence-electron chi connectivity index (χ1n) is 11.6. The molecular weight excluding hydrogens is 572 g/mol. The summed E-state index contributed by atoms with van der Waals surface area (Å²) in [5.41, 5.74) is 5.29. The minimum Gasteiger partial charge on any atom is -0.488 e. The summed E-state index contributed by atoms with van der Waals surface area (Å²) < 4.78 is 25.7. The largest absolute Gasteiger partial charge is 0.488 e. The predicted octanol–water partition coefficient (Wildman–Crippen LogP) is 6.14. The normalized spacial score (nSPS) is 16.4. The number of Topliss-reactive ketones (excluding diaryl/α,β-unsaturated/α-hetero) is 1. The van der Waals surface area contributed by atoms with E-state index in [1.165, 1.54) is 12.1 Å². The number of carbonyl (C=O) groups excluding carboxylic acids is 2. The maximum absolute atomic E-state index is 13.6. The molecule has 1 N–H and O–H groups in total. The number of hydrogen-bond acceptors (Lipinski definition) is 5. The maximum atomic E-state index is 13.6. The van der Waals surface area contributed by atoms with Gasteiger partial charge in [-0.3, -0.25) is 4.79 Å². The van der Waals surface area contributed by atoms with E-state index in [4.69, 9.17) is 9.47 Å². The van der Waals surface area contributed by atoms with Crippen LogP contribution >= 0.6 is 22.6 Å². The fourth-order valence-electron chi connectivity index (χ4n) is 4.74. The van der Waals surface area contributed by atoms with Crippen LogP contribution in [0.15, 0.2) is 83.6 Å². The Morgan fingerprint density at radius 3 is 2.56 bits per heavy atom. The highest BCUT2D eigenvalue weighted by Gasteiger charge is 2.43. The van der Waals surface area contributed by atoms with Crippen molar-refractivity contribution < 1.29 is 23.5 Å². The average Bonchev–Trinajstić information content (AvgIpc) is 3.14. The number of carbonyl (C=O) groups is 2. The van der Waals surface area contributed by atoms with Crippen LogP contribution in [0.4, 0.5) is 4.39 Å². The fourth-order valence-corrected chi connectivity index (χ4v) is 5.44. The second-order valence-electron chi connectivity index (χ2n) is 8.59. The van der Waals surface area contributed by atoms with Gasteiger partial charge in [0.15, 0.2) is 5.78 Å². The van der Waals surface area contributed by atoms with Gasteiger partial charge >= 0.3 is 5.97 Å². The van der Waals surface area contributed by atoms with Crippen LogP contribution in [0.5, 0.6) is 5.75 Å². The second kappa shape index (κ2) is 9.89. The Morgan fingerprint density at radius 1 is 1.06 bits per heavy atom. The smallest absolute Gasteiger partial charge is 0.336 e. The van der Waals surface area contributed by atoms with Crippen molar-refractivity contribution in [2.24, 2.45) is 0 Å². The van der Waals surface area contributed by atoms with Crippen LogP contribution in [-0.4, -0.2) is 18.4 Å². The van der Waals surface area contributed by atoms with Gasteiger partial charge in [-0.25, -0.2) is 9.18 Å². The first-order valence-corrected chi connectivity index (χ1v) is 12.7. The van der Waals surface area contributed by atoms with Crippen LogP contribution in [-0.2, 0) is 16.1 Å². The molecule has 7 heteroatoms. The first kappa shape index (κ1) is 24.2. The zero-order valence-electron chi connectivity index (χ0n) is 19.7. The van der Waals surface area contributed by atoms with E-state index in [-0.39, 0.29) is 24.8 Å². The van der Waals surface area contributed by atoms with Gasteiger partial charge in [-0.1, -0.05) is 42.5 Å². The zero-order chi connectivity index (χ0) is 25.4. The monoisotopic (exact) mass is 595 g/mol. The van der Waals surface area contributed by atoms with Crippen molar-refractivity contribution in [2.45, 2.75) is 26.4 Å². The Labute approximate surface area is 222 Å². The molecule has 0 fully saturated rings. The fraction of sp³-hybridized carbons (Fsp3) is 0.172. The number of esters is 1. The van der Waals surface area contributed by atoms with Gasteiger partial charge in [-0.2, -0.15) is 0 Å². The third-order valence-electron chi connectivity index (χ3n) is 6.32. The topological polar surface area (TPSA) is 64.6 Å². The van der Waals surface area contributed by atoms with E-state index >= 15 is 0 Å². The zero-order valence-corrected chi connectivity index (χ0v) is 21.9. The minimum absolute atomic E-state index is 0.103. The van der Waals surface area contributed by atoms with Crippen LogP contribution in [0.1, 0.15) is 46.8 Å². The molecule has 36 heavy (non-hydrogen) atoms. The van der Waals surface area contributed by atoms with Crippen molar-refractivity contribution in [3.63, 3.8) is 0 Å². The first-order chi connectivity index (χ1) is 17.4. The molecule has 5 nitrogen and oxygen atoms in total. The molecule has 1 aliphatic heterocycles. The Balaban J connectivity index is 1.54. The van der Waals surface area contributed by atoms with Crippen LogP contribution in [0.2, 0.25) is 0 Å². The molecular formula is C29H23FINO4. The third kappa shape index (κ3) is 4.32. The molecule has 0 radical (unpaired) electrons. The Kier molecular flexibility index (Phi) is 6.66. The van der Waals surface area contributed by atoms with E-state index in [0.717, 1.165) is 26.0 Å². The number of dihydropyridines is 1. The Hall–Kier alpha value is -3.46. The summed E-state index contributed by atoms with van der Waals surface area (Å²) in [7, 11) is 0. The molecule has 1 heterocycles. The van der Waals surface area contributed by atoms with Gasteiger partial charge in [0.05, 0.1) is 21.4 Å². The summed E-state index contributed by atoms with van der Waals surface area (Å²) in [5, 5.41) is 3.30. The van der Waals surface area contributed by atoms with E-state index in [1.54, 1.807) is 25.1 Å². The van der Waals surface area contributed by atoms with Crippen molar-refractivity contribution in [2.75, 3.05) is 6.61 Å². The van der Waals surface area contributed by atoms with Gasteiger partial charge in [0.2, 0.25) is 0 Å². The van der Waals surface area contributed by atoms with Crippen LogP contribution in [0.25, 0.3) is 5.70 Å². The number of halogens is 2. The van der Waals surface area contributed by atoms with E-state index in [0.29, 0.717) is 28.2 Å².